The third kappa shape index (κ3) is 4.59. The Morgan fingerprint density at radius 3 is 2.61 bits per heavy atom. The van der Waals surface area contributed by atoms with Crippen LogP contribution in [0.1, 0.15) is 36.8 Å². The first kappa shape index (κ1) is 25.4. The summed E-state index contributed by atoms with van der Waals surface area (Å²) in [5.41, 5.74) is 3.78. The van der Waals surface area contributed by atoms with Crippen LogP contribution in [0.25, 0.3) is 11.0 Å². The molecular formula is C29H29FN6O2. The molecule has 5 rings (SSSR count). The number of hydrogen-bond donors (Lipinski definition) is 0. The fraction of sp³-hybridized carbons (Fsp3) is 0.310. The van der Waals surface area contributed by atoms with Gasteiger partial charge < -0.3 is 14.2 Å². The number of benzene rings is 1. The van der Waals surface area contributed by atoms with E-state index >= 15 is 0 Å². The molecule has 1 fully saturated rings. The highest BCUT2D eigenvalue weighted by molar-refractivity contribution is 5.89. The maximum atomic E-state index is 14.3. The molecule has 194 valence electrons. The van der Waals surface area contributed by atoms with Gasteiger partial charge in [0, 0.05) is 38.3 Å². The SMILES string of the molecule is COc1ccc(C(c2cccc(F)c2)N2C[C@H](C)N(c3cc(=O)n(C)c4ccc(C#N)nc34)C[C@H]2C)nc1. The Morgan fingerprint density at radius 2 is 1.92 bits per heavy atom. The monoisotopic (exact) mass is 512 g/mol. The summed E-state index contributed by atoms with van der Waals surface area (Å²) in [6.45, 7) is 5.45. The van der Waals surface area contributed by atoms with E-state index < -0.39 is 0 Å². The number of fused-ring (bicyclic) bond motifs is 1. The highest BCUT2D eigenvalue weighted by atomic mass is 19.1. The zero-order valence-corrected chi connectivity index (χ0v) is 21.8. The Kier molecular flexibility index (Phi) is 6.83. The summed E-state index contributed by atoms with van der Waals surface area (Å²) >= 11 is 0. The van der Waals surface area contributed by atoms with Crippen molar-refractivity contribution >= 4 is 16.7 Å². The first-order valence-electron chi connectivity index (χ1n) is 12.5. The van der Waals surface area contributed by atoms with Gasteiger partial charge in [0.1, 0.15) is 28.8 Å². The van der Waals surface area contributed by atoms with Crippen molar-refractivity contribution in [3.8, 4) is 11.8 Å². The molecule has 0 spiro atoms. The highest BCUT2D eigenvalue weighted by Gasteiger charge is 2.36. The molecular weight excluding hydrogens is 483 g/mol. The van der Waals surface area contributed by atoms with E-state index in [1.807, 2.05) is 18.2 Å². The van der Waals surface area contributed by atoms with Crippen LogP contribution in [0.3, 0.4) is 0 Å². The Morgan fingerprint density at radius 1 is 1.11 bits per heavy atom. The first-order chi connectivity index (χ1) is 18.3. The molecule has 0 N–H and O–H groups in total. The maximum Gasteiger partial charge on any atom is 0.252 e. The number of nitriles is 1. The first-order valence-corrected chi connectivity index (χ1v) is 12.5. The largest absolute Gasteiger partial charge is 0.495 e. The number of nitrogens with zero attached hydrogens (tertiary/aromatic N) is 6. The van der Waals surface area contributed by atoms with Crippen LogP contribution < -0.4 is 15.2 Å². The molecule has 1 unspecified atom stereocenters. The van der Waals surface area contributed by atoms with Gasteiger partial charge in [0.05, 0.1) is 36.2 Å². The molecule has 1 aromatic carbocycles. The van der Waals surface area contributed by atoms with Crippen molar-refractivity contribution in [2.75, 3.05) is 25.1 Å². The number of piperazine rings is 1. The van der Waals surface area contributed by atoms with Gasteiger partial charge >= 0.3 is 0 Å². The molecule has 1 aliphatic rings. The Hall–Kier alpha value is -4.29. The second-order valence-electron chi connectivity index (χ2n) is 9.73. The van der Waals surface area contributed by atoms with E-state index in [4.69, 9.17) is 4.74 Å². The summed E-state index contributed by atoms with van der Waals surface area (Å²) in [5, 5.41) is 9.44. The normalized spacial score (nSPS) is 18.8. The highest BCUT2D eigenvalue weighted by Crippen LogP contribution is 2.35. The van der Waals surface area contributed by atoms with Gasteiger partial charge in [-0.15, -0.1) is 0 Å². The Labute approximate surface area is 220 Å². The van der Waals surface area contributed by atoms with Gasteiger partial charge in [-0.05, 0) is 55.8 Å². The van der Waals surface area contributed by atoms with Crippen LogP contribution in [0, 0.1) is 17.1 Å². The number of aryl methyl sites for hydroxylation is 1. The molecule has 1 aliphatic heterocycles. The van der Waals surface area contributed by atoms with Gasteiger partial charge in [0.2, 0.25) is 0 Å². The minimum atomic E-state index is -0.300. The van der Waals surface area contributed by atoms with Crippen LogP contribution >= 0.6 is 0 Å². The predicted molar refractivity (Wildman–Crippen MR) is 144 cm³/mol. The summed E-state index contributed by atoms with van der Waals surface area (Å²) in [4.78, 5) is 26.6. The van der Waals surface area contributed by atoms with Crippen molar-refractivity contribution in [1.82, 2.24) is 19.4 Å². The zero-order valence-electron chi connectivity index (χ0n) is 21.8. The van der Waals surface area contributed by atoms with Crippen LogP contribution in [0.5, 0.6) is 5.75 Å². The zero-order chi connectivity index (χ0) is 27.0. The van der Waals surface area contributed by atoms with Crippen LogP contribution in [0.2, 0.25) is 0 Å². The van der Waals surface area contributed by atoms with Crippen molar-refractivity contribution in [1.29, 1.82) is 5.26 Å². The lowest BCUT2D eigenvalue weighted by atomic mass is 9.96. The van der Waals surface area contributed by atoms with Crippen LogP contribution in [-0.2, 0) is 7.05 Å². The van der Waals surface area contributed by atoms with Gasteiger partial charge in [-0.2, -0.15) is 5.26 Å². The van der Waals surface area contributed by atoms with E-state index in [2.05, 4.69) is 39.7 Å². The summed E-state index contributed by atoms with van der Waals surface area (Å²) in [5.74, 6) is 0.353. The van der Waals surface area contributed by atoms with Gasteiger partial charge in [0.25, 0.3) is 5.56 Å². The standard InChI is InChI=1S/C29H29FN6O2/c1-18-17-36(29(20-6-5-7-21(30)12-20)24-10-9-23(38-4)15-32-24)19(2)16-35(18)26-13-27(37)34(3)25-11-8-22(14-31)33-28(25)26/h5-13,15,18-19,29H,16-17H2,1-4H3/t18-,19+,29?/m0/s1. The molecule has 1 saturated heterocycles. The number of rotatable bonds is 5. The minimum absolute atomic E-state index is 0.0108. The summed E-state index contributed by atoms with van der Waals surface area (Å²) in [6, 6.07) is 17.2. The maximum absolute atomic E-state index is 14.3. The lowest BCUT2D eigenvalue weighted by molar-refractivity contribution is 0.127. The number of ether oxygens (including phenoxy) is 1. The lowest BCUT2D eigenvalue weighted by Crippen LogP contribution is -2.57. The summed E-state index contributed by atoms with van der Waals surface area (Å²) in [6.07, 6.45) is 1.68. The quantitative estimate of drug-likeness (QED) is 0.399. The van der Waals surface area contributed by atoms with Crippen molar-refractivity contribution in [2.24, 2.45) is 7.05 Å². The second-order valence-corrected chi connectivity index (χ2v) is 9.73. The second kappa shape index (κ2) is 10.2. The van der Waals surface area contributed by atoms with E-state index in [0.717, 1.165) is 11.3 Å². The van der Waals surface area contributed by atoms with Gasteiger partial charge in [0.15, 0.2) is 0 Å². The number of pyridine rings is 3. The van der Waals surface area contributed by atoms with E-state index in [1.165, 1.54) is 6.07 Å². The van der Waals surface area contributed by atoms with E-state index in [0.29, 0.717) is 41.3 Å². The molecule has 3 aromatic heterocycles. The van der Waals surface area contributed by atoms with Crippen molar-refractivity contribution in [3.63, 3.8) is 0 Å². The van der Waals surface area contributed by atoms with Crippen LogP contribution in [0.4, 0.5) is 10.1 Å². The molecule has 0 aliphatic carbocycles. The van der Waals surface area contributed by atoms with Gasteiger partial charge in [-0.3, -0.25) is 14.7 Å². The molecule has 0 amide bonds. The topological polar surface area (TPSA) is 87.3 Å². The van der Waals surface area contributed by atoms with Gasteiger partial charge in [-0.25, -0.2) is 9.37 Å². The van der Waals surface area contributed by atoms with E-state index in [-0.39, 0.29) is 29.5 Å². The van der Waals surface area contributed by atoms with Crippen LogP contribution in [-0.4, -0.2) is 51.7 Å². The smallest absolute Gasteiger partial charge is 0.252 e. The Bertz CT molecular complexity index is 1580. The Balaban J connectivity index is 1.55. The summed E-state index contributed by atoms with van der Waals surface area (Å²) in [7, 11) is 3.30. The number of anilines is 1. The average Bonchev–Trinajstić information content (AvgIpc) is 2.93. The van der Waals surface area contributed by atoms with Crippen molar-refractivity contribution < 1.29 is 9.13 Å². The molecule has 0 radical (unpaired) electrons. The van der Waals surface area contributed by atoms with Crippen molar-refractivity contribution in [2.45, 2.75) is 32.0 Å². The average molecular weight is 513 g/mol. The molecule has 4 heterocycles. The molecule has 8 nitrogen and oxygen atoms in total. The minimum Gasteiger partial charge on any atom is -0.495 e. The number of methoxy groups -OCH3 is 1. The molecule has 38 heavy (non-hydrogen) atoms. The number of hydrogen-bond acceptors (Lipinski definition) is 7. The molecule has 3 atom stereocenters. The van der Waals surface area contributed by atoms with E-state index in [9.17, 15) is 14.4 Å². The van der Waals surface area contributed by atoms with Gasteiger partial charge in [-0.1, -0.05) is 12.1 Å². The van der Waals surface area contributed by atoms with Crippen LogP contribution in [0.15, 0.2) is 65.6 Å². The number of halogens is 1. The lowest BCUT2D eigenvalue weighted by Gasteiger charge is -2.48. The fourth-order valence-electron chi connectivity index (χ4n) is 5.32. The molecule has 9 heteroatoms. The molecule has 0 saturated carbocycles. The third-order valence-electron chi connectivity index (χ3n) is 7.30. The van der Waals surface area contributed by atoms with E-state index in [1.54, 1.807) is 55.3 Å². The third-order valence-corrected chi connectivity index (χ3v) is 7.30. The molecule has 0 bridgehead atoms. The fourth-order valence-corrected chi connectivity index (χ4v) is 5.32. The predicted octanol–water partition coefficient (Wildman–Crippen LogP) is 4.04. The number of aromatic nitrogens is 3. The summed E-state index contributed by atoms with van der Waals surface area (Å²) < 4.78 is 21.2. The van der Waals surface area contributed by atoms with Crippen molar-refractivity contribution in [3.05, 3.63) is 93.9 Å². The molecule has 4 aromatic rings.